The molecule has 3 aromatic rings. The van der Waals surface area contributed by atoms with Crippen molar-refractivity contribution in [3.63, 3.8) is 0 Å². The van der Waals surface area contributed by atoms with E-state index in [1.54, 1.807) is 13.0 Å². The fraction of sp³-hybridized carbons (Fsp3) is 0.433. The molecule has 2 aromatic carbocycles. The van der Waals surface area contributed by atoms with Gasteiger partial charge in [-0.05, 0) is 75.8 Å². The van der Waals surface area contributed by atoms with Crippen molar-refractivity contribution in [3.8, 4) is 16.9 Å². The number of benzene rings is 2. The minimum absolute atomic E-state index is 0.237. The number of aromatic nitrogens is 1. The van der Waals surface area contributed by atoms with Crippen LogP contribution >= 0.6 is 0 Å². The SMILES string of the molecule is CCC(Oc1ccc2nc(CC(C)C)c(CNC(=O)OC(C)(C)C)c(-c3ccc(C)cc3)c2c1)C(=O)O. The van der Waals surface area contributed by atoms with Gasteiger partial charge in [0.1, 0.15) is 11.4 Å². The molecule has 3 rings (SSSR count). The number of fused-ring (bicyclic) bond motifs is 1. The van der Waals surface area contributed by atoms with E-state index in [9.17, 15) is 14.7 Å². The van der Waals surface area contributed by atoms with Crippen LogP contribution in [0.4, 0.5) is 4.79 Å². The van der Waals surface area contributed by atoms with E-state index in [1.165, 1.54) is 0 Å². The number of aryl methyl sites for hydroxylation is 1. The zero-order valence-corrected chi connectivity index (χ0v) is 22.8. The molecule has 0 fully saturated rings. The first-order valence-corrected chi connectivity index (χ1v) is 12.8. The minimum Gasteiger partial charge on any atom is -0.479 e. The van der Waals surface area contributed by atoms with Crippen LogP contribution < -0.4 is 10.1 Å². The van der Waals surface area contributed by atoms with Gasteiger partial charge in [0.05, 0.1) is 5.52 Å². The Labute approximate surface area is 219 Å². The highest BCUT2D eigenvalue weighted by Crippen LogP contribution is 2.36. The molecule has 0 saturated carbocycles. The van der Waals surface area contributed by atoms with Crippen LogP contribution in [0, 0.1) is 12.8 Å². The van der Waals surface area contributed by atoms with Crippen molar-refractivity contribution < 1.29 is 24.2 Å². The van der Waals surface area contributed by atoms with Gasteiger partial charge < -0.3 is 19.9 Å². The zero-order chi connectivity index (χ0) is 27.3. The van der Waals surface area contributed by atoms with Crippen molar-refractivity contribution in [1.82, 2.24) is 10.3 Å². The predicted molar refractivity (Wildman–Crippen MR) is 146 cm³/mol. The number of hydrogen-bond donors (Lipinski definition) is 2. The van der Waals surface area contributed by atoms with E-state index < -0.39 is 23.8 Å². The molecule has 0 aliphatic heterocycles. The molecule has 198 valence electrons. The molecule has 2 N–H and O–H groups in total. The molecule has 0 saturated heterocycles. The normalized spacial score (nSPS) is 12.4. The summed E-state index contributed by atoms with van der Waals surface area (Å²) in [6.45, 7) is 13.8. The van der Waals surface area contributed by atoms with Crippen molar-refractivity contribution in [2.75, 3.05) is 0 Å². The van der Waals surface area contributed by atoms with Crippen molar-refractivity contribution in [3.05, 3.63) is 59.3 Å². The number of carboxylic acid groups (broad SMARTS) is 1. The Morgan fingerprint density at radius 3 is 2.32 bits per heavy atom. The molecule has 1 atom stereocenters. The van der Waals surface area contributed by atoms with Crippen molar-refractivity contribution in [2.24, 2.45) is 5.92 Å². The van der Waals surface area contributed by atoms with Gasteiger partial charge in [0.25, 0.3) is 0 Å². The fourth-order valence-electron chi connectivity index (χ4n) is 4.15. The average molecular weight is 507 g/mol. The van der Waals surface area contributed by atoms with Gasteiger partial charge in [-0.1, -0.05) is 50.6 Å². The van der Waals surface area contributed by atoms with Gasteiger partial charge in [-0.2, -0.15) is 0 Å². The van der Waals surface area contributed by atoms with E-state index in [-0.39, 0.29) is 6.54 Å². The summed E-state index contributed by atoms with van der Waals surface area (Å²) in [5.74, 6) is -0.201. The molecule has 0 aliphatic rings. The Kier molecular flexibility index (Phi) is 8.79. The lowest BCUT2D eigenvalue weighted by molar-refractivity contribution is -0.145. The van der Waals surface area contributed by atoms with Gasteiger partial charge in [-0.25, -0.2) is 9.59 Å². The van der Waals surface area contributed by atoms with Gasteiger partial charge >= 0.3 is 12.1 Å². The lowest BCUT2D eigenvalue weighted by atomic mass is 9.91. The number of pyridine rings is 1. The highest BCUT2D eigenvalue weighted by molar-refractivity contribution is 5.97. The molecule has 0 bridgehead atoms. The molecule has 1 heterocycles. The summed E-state index contributed by atoms with van der Waals surface area (Å²) in [5, 5.41) is 13.2. The van der Waals surface area contributed by atoms with Crippen LogP contribution in [-0.2, 0) is 22.5 Å². The first-order chi connectivity index (χ1) is 17.4. The van der Waals surface area contributed by atoms with E-state index in [0.29, 0.717) is 18.1 Å². The largest absolute Gasteiger partial charge is 0.479 e. The second-order valence-corrected chi connectivity index (χ2v) is 10.8. The fourth-order valence-corrected chi connectivity index (χ4v) is 4.15. The third kappa shape index (κ3) is 7.44. The Bertz CT molecular complexity index is 1260. The van der Waals surface area contributed by atoms with E-state index in [1.807, 2.05) is 52.0 Å². The van der Waals surface area contributed by atoms with Crippen LogP contribution in [0.3, 0.4) is 0 Å². The standard InChI is InChI=1S/C30H38N2O5/c1-8-26(28(33)34)36-21-13-14-24-22(16-21)27(20-11-9-19(4)10-12-20)23(25(32-24)15-18(2)3)17-31-29(35)37-30(5,6)7/h9-14,16,18,26H,8,15,17H2,1-7H3,(H,31,35)(H,33,34). The van der Waals surface area contributed by atoms with Crippen LogP contribution in [0.15, 0.2) is 42.5 Å². The molecule has 0 aliphatic carbocycles. The lowest BCUT2D eigenvalue weighted by Crippen LogP contribution is -2.32. The number of nitrogens with one attached hydrogen (secondary N) is 1. The van der Waals surface area contributed by atoms with E-state index >= 15 is 0 Å². The molecular weight excluding hydrogens is 468 g/mol. The van der Waals surface area contributed by atoms with Crippen LogP contribution in [0.25, 0.3) is 22.0 Å². The number of carbonyl (C=O) groups is 2. The topological polar surface area (TPSA) is 97.8 Å². The van der Waals surface area contributed by atoms with Crippen LogP contribution in [0.2, 0.25) is 0 Å². The van der Waals surface area contributed by atoms with Crippen LogP contribution in [0.5, 0.6) is 5.75 Å². The van der Waals surface area contributed by atoms with Crippen LogP contribution in [-0.4, -0.2) is 33.9 Å². The monoisotopic (exact) mass is 506 g/mol. The lowest BCUT2D eigenvalue weighted by Gasteiger charge is -2.22. The first kappa shape index (κ1) is 28.0. The highest BCUT2D eigenvalue weighted by Gasteiger charge is 2.22. The number of amides is 1. The highest BCUT2D eigenvalue weighted by atomic mass is 16.6. The summed E-state index contributed by atoms with van der Waals surface area (Å²) in [6, 6.07) is 13.7. The van der Waals surface area contributed by atoms with Gasteiger partial charge in [-0.15, -0.1) is 0 Å². The number of carboxylic acids is 1. The van der Waals surface area contributed by atoms with Crippen molar-refractivity contribution in [2.45, 2.75) is 79.6 Å². The van der Waals surface area contributed by atoms with Crippen molar-refractivity contribution in [1.29, 1.82) is 0 Å². The Morgan fingerprint density at radius 1 is 1.08 bits per heavy atom. The van der Waals surface area contributed by atoms with Gasteiger partial charge in [0.2, 0.25) is 0 Å². The molecule has 1 amide bonds. The minimum atomic E-state index is -1.01. The Balaban J connectivity index is 2.21. The third-order valence-electron chi connectivity index (χ3n) is 5.82. The third-order valence-corrected chi connectivity index (χ3v) is 5.82. The number of nitrogens with zero attached hydrogens (tertiary/aromatic N) is 1. The maximum absolute atomic E-state index is 12.6. The van der Waals surface area contributed by atoms with Gasteiger partial charge in [0, 0.05) is 23.2 Å². The average Bonchev–Trinajstić information content (AvgIpc) is 2.80. The second kappa shape index (κ2) is 11.6. The van der Waals surface area contributed by atoms with E-state index in [4.69, 9.17) is 14.5 Å². The number of carbonyl (C=O) groups excluding carboxylic acids is 1. The number of alkyl carbamates (subject to hydrolysis) is 1. The zero-order valence-electron chi connectivity index (χ0n) is 22.8. The summed E-state index contributed by atoms with van der Waals surface area (Å²) in [6.07, 6.45) is -0.367. The summed E-state index contributed by atoms with van der Waals surface area (Å²) in [4.78, 5) is 29.1. The number of rotatable bonds is 9. The van der Waals surface area contributed by atoms with E-state index in [0.717, 1.165) is 45.3 Å². The molecule has 7 nitrogen and oxygen atoms in total. The molecular formula is C30H38N2O5. The van der Waals surface area contributed by atoms with Crippen LogP contribution in [0.1, 0.15) is 64.8 Å². The molecule has 1 unspecified atom stereocenters. The van der Waals surface area contributed by atoms with Gasteiger partial charge in [0.15, 0.2) is 6.10 Å². The smallest absolute Gasteiger partial charge is 0.407 e. The predicted octanol–water partition coefficient (Wildman–Crippen LogP) is 6.68. The molecule has 1 aromatic heterocycles. The van der Waals surface area contributed by atoms with Gasteiger partial charge in [-0.3, -0.25) is 4.98 Å². The molecule has 0 spiro atoms. The molecule has 37 heavy (non-hydrogen) atoms. The summed E-state index contributed by atoms with van der Waals surface area (Å²) in [7, 11) is 0. The number of aliphatic carboxylic acids is 1. The quantitative estimate of drug-likeness (QED) is 0.336. The molecule has 0 radical (unpaired) electrons. The first-order valence-electron chi connectivity index (χ1n) is 12.8. The summed E-state index contributed by atoms with van der Waals surface area (Å²) >= 11 is 0. The molecule has 7 heteroatoms. The Morgan fingerprint density at radius 2 is 1.76 bits per heavy atom. The second-order valence-electron chi connectivity index (χ2n) is 10.8. The Hall–Kier alpha value is -3.61. The maximum Gasteiger partial charge on any atom is 0.407 e. The summed E-state index contributed by atoms with van der Waals surface area (Å²) in [5.41, 5.74) is 5.02. The number of hydrogen-bond acceptors (Lipinski definition) is 5. The number of ether oxygens (including phenoxy) is 2. The summed E-state index contributed by atoms with van der Waals surface area (Å²) < 4.78 is 11.3. The van der Waals surface area contributed by atoms with Crippen molar-refractivity contribution >= 4 is 23.0 Å². The van der Waals surface area contributed by atoms with E-state index in [2.05, 4.69) is 31.3 Å². The maximum atomic E-state index is 12.6.